The fourth-order valence-corrected chi connectivity index (χ4v) is 4.22. The van der Waals surface area contributed by atoms with E-state index in [9.17, 15) is 19.5 Å². The van der Waals surface area contributed by atoms with E-state index in [1.54, 1.807) is 57.2 Å². The van der Waals surface area contributed by atoms with Gasteiger partial charge >= 0.3 is 6.09 Å². The molecule has 0 spiro atoms. The molecule has 0 aliphatic heterocycles. The van der Waals surface area contributed by atoms with Gasteiger partial charge in [-0.2, -0.15) is 0 Å². The third-order valence-corrected chi connectivity index (χ3v) is 6.20. The summed E-state index contributed by atoms with van der Waals surface area (Å²) in [6, 6.07) is 9.57. The number of aryl methyl sites for hydroxylation is 1. The Bertz CT molecular complexity index is 1160. The smallest absolute Gasteiger partial charge is 0.408 e. The van der Waals surface area contributed by atoms with Crippen LogP contribution in [0, 0.1) is 19.3 Å². The predicted molar refractivity (Wildman–Crippen MR) is 153 cm³/mol. The number of nitrogens with one attached hydrogen (secondary N) is 2. The second-order valence-electron chi connectivity index (χ2n) is 10.2. The highest BCUT2D eigenvalue weighted by atomic mass is 35.5. The van der Waals surface area contributed by atoms with Gasteiger partial charge in [0.25, 0.3) is 5.91 Å². The molecule has 9 heteroatoms. The molecule has 0 aromatic heterocycles. The van der Waals surface area contributed by atoms with Gasteiger partial charge in [-0.1, -0.05) is 61.6 Å². The quantitative estimate of drug-likeness (QED) is 0.260. The summed E-state index contributed by atoms with van der Waals surface area (Å²) >= 11 is 6.38. The van der Waals surface area contributed by atoms with Gasteiger partial charge in [-0.3, -0.25) is 9.59 Å². The van der Waals surface area contributed by atoms with Crippen molar-refractivity contribution in [2.75, 3.05) is 18.5 Å². The maximum atomic E-state index is 13.9. The second-order valence-corrected chi connectivity index (χ2v) is 10.6. The summed E-state index contributed by atoms with van der Waals surface area (Å²) in [5.41, 5.74) is 1.50. The van der Waals surface area contributed by atoms with Gasteiger partial charge in [0.05, 0.1) is 17.3 Å². The highest BCUT2D eigenvalue weighted by Crippen LogP contribution is 2.30. The van der Waals surface area contributed by atoms with E-state index < -0.39 is 42.2 Å². The molecular formula is C30H38ClN3O5. The van der Waals surface area contributed by atoms with Crippen LogP contribution in [0.2, 0.25) is 5.02 Å². The number of alkyl carbamates (subject to hydrolysis) is 1. The molecule has 3 amide bonds. The molecule has 3 N–H and O–H groups in total. The van der Waals surface area contributed by atoms with Crippen molar-refractivity contribution in [3.63, 3.8) is 0 Å². The molecular weight excluding hydrogens is 518 g/mol. The van der Waals surface area contributed by atoms with Gasteiger partial charge in [0, 0.05) is 12.1 Å². The minimum Gasteiger partial charge on any atom is -0.444 e. The molecule has 0 bridgehead atoms. The van der Waals surface area contributed by atoms with Gasteiger partial charge in [0.1, 0.15) is 17.7 Å². The summed E-state index contributed by atoms with van der Waals surface area (Å²) in [7, 11) is 0. The highest BCUT2D eigenvalue weighted by Gasteiger charge is 2.36. The monoisotopic (exact) mass is 555 g/mol. The van der Waals surface area contributed by atoms with Gasteiger partial charge in [0.15, 0.2) is 0 Å². The van der Waals surface area contributed by atoms with E-state index in [2.05, 4.69) is 16.6 Å². The lowest BCUT2D eigenvalue weighted by Crippen LogP contribution is -2.54. The lowest BCUT2D eigenvalue weighted by molar-refractivity contribution is -0.141. The minimum absolute atomic E-state index is 0.204. The Labute approximate surface area is 236 Å². The fraction of sp³-hybridized carbons (Fsp3) is 0.433. The van der Waals surface area contributed by atoms with E-state index in [1.165, 1.54) is 4.90 Å². The Morgan fingerprint density at radius 2 is 1.79 bits per heavy atom. The zero-order valence-electron chi connectivity index (χ0n) is 23.2. The number of carbonyl (C=O) groups is 3. The molecule has 39 heavy (non-hydrogen) atoms. The fourth-order valence-electron chi connectivity index (χ4n) is 3.95. The summed E-state index contributed by atoms with van der Waals surface area (Å²) in [6.07, 6.45) is 6.96. The molecule has 0 radical (unpaired) electrons. The Balaban J connectivity index is 2.54. The Morgan fingerprint density at radius 1 is 1.13 bits per heavy atom. The van der Waals surface area contributed by atoms with Crippen molar-refractivity contribution in [2.45, 2.75) is 71.6 Å². The summed E-state index contributed by atoms with van der Waals surface area (Å²) < 4.78 is 5.28. The molecule has 0 saturated heterocycles. The molecule has 0 aliphatic rings. The van der Waals surface area contributed by atoms with Crippen LogP contribution in [0.3, 0.4) is 0 Å². The first-order valence-corrected chi connectivity index (χ1v) is 13.3. The van der Waals surface area contributed by atoms with E-state index >= 15 is 0 Å². The van der Waals surface area contributed by atoms with Crippen molar-refractivity contribution in [3.8, 4) is 12.3 Å². The average Bonchev–Trinajstić information content (AvgIpc) is 2.87. The molecule has 0 fully saturated rings. The summed E-state index contributed by atoms with van der Waals surface area (Å²) in [5, 5.41) is 15.8. The number of terminal acetylenes is 1. The third-order valence-electron chi connectivity index (χ3n) is 5.88. The third kappa shape index (κ3) is 9.31. The number of hydrogen-bond acceptors (Lipinski definition) is 5. The Hall–Kier alpha value is -3.54. The second kappa shape index (κ2) is 14.6. The van der Waals surface area contributed by atoms with Crippen LogP contribution in [-0.4, -0.2) is 52.7 Å². The number of hydrogen-bond donors (Lipinski definition) is 3. The number of para-hydroxylation sites is 1. The van der Waals surface area contributed by atoms with E-state index in [1.807, 2.05) is 19.9 Å². The molecule has 2 aromatic carbocycles. The molecule has 0 heterocycles. The van der Waals surface area contributed by atoms with Crippen LogP contribution in [0.1, 0.15) is 69.7 Å². The number of benzene rings is 2. The minimum atomic E-state index is -1.33. The molecule has 8 nitrogen and oxygen atoms in total. The number of rotatable bonds is 11. The maximum absolute atomic E-state index is 13.9. The molecule has 2 aromatic rings. The number of anilines is 1. The van der Waals surface area contributed by atoms with Gasteiger partial charge in [0.2, 0.25) is 5.91 Å². The van der Waals surface area contributed by atoms with E-state index in [0.29, 0.717) is 28.3 Å². The summed E-state index contributed by atoms with van der Waals surface area (Å²) in [6.45, 7) is 8.43. The lowest BCUT2D eigenvalue weighted by atomic mass is 10.0. The average molecular weight is 556 g/mol. The Kier molecular flexibility index (Phi) is 11.8. The van der Waals surface area contributed by atoms with Crippen molar-refractivity contribution >= 4 is 35.2 Å². The van der Waals surface area contributed by atoms with Gasteiger partial charge in [-0.25, -0.2) is 4.79 Å². The molecule has 2 rings (SSSR count). The van der Waals surface area contributed by atoms with Gasteiger partial charge < -0.3 is 25.4 Å². The van der Waals surface area contributed by atoms with Crippen molar-refractivity contribution < 1.29 is 24.2 Å². The zero-order chi connectivity index (χ0) is 29.2. The molecule has 0 saturated carbocycles. The first kappa shape index (κ1) is 31.7. The van der Waals surface area contributed by atoms with Crippen LogP contribution in [0.25, 0.3) is 0 Å². The SMILES string of the molecule is C#Cc1ccc(C(C(=O)Nc2c(C)cccc2Cl)N(CCCCC)C(=O)C(CO)NC(=O)OC(C)(C)C)cc1. The molecule has 2 unspecified atom stereocenters. The maximum Gasteiger partial charge on any atom is 0.408 e. The number of ether oxygens (including phenoxy) is 1. The summed E-state index contributed by atoms with van der Waals surface area (Å²) in [4.78, 5) is 41.6. The van der Waals surface area contributed by atoms with E-state index in [4.69, 9.17) is 22.8 Å². The number of nitrogens with zero attached hydrogens (tertiary/aromatic N) is 1. The topological polar surface area (TPSA) is 108 Å². The lowest BCUT2D eigenvalue weighted by Gasteiger charge is -2.34. The van der Waals surface area contributed by atoms with Crippen LogP contribution in [-0.2, 0) is 14.3 Å². The van der Waals surface area contributed by atoms with Crippen LogP contribution in [0.4, 0.5) is 10.5 Å². The van der Waals surface area contributed by atoms with Crippen molar-refractivity contribution in [3.05, 3.63) is 64.2 Å². The van der Waals surface area contributed by atoms with Gasteiger partial charge in [-0.05, 0) is 63.4 Å². The van der Waals surface area contributed by atoms with Crippen molar-refractivity contribution in [1.82, 2.24) is 10.2 Å². The number of unbranched alkanes of at least 4 members (excludes halogenated alkanes) is 2. The van der Waals surface area contributed by atoms with Crippen LogP contribution >= 0.6 is 11.6 Å². The van der Waals surface area contributed by atoms with E-state index in [-0.39, 0.29) is 6.54 Å². The molecule has 210 valence electrons. The molecule has 2 atom stereocenters. The van der Waals surface area contributed by atoms with Crippen LogP contribution in [0.5, 0.6) is 0 Å². The predicted octanol–water partition coefficient (Wildman–Crippen LogP) is 5.21. The highest BCUT2D eigenvalue weighted by molar-refractivity contribution is 6.34. The largest absolute Gasteiger partial charge is 0.444 e. The number of halogens is 1. The van der Waals surface area contributed by atoms with Gasteiger partial charge in [-0.15, -0.1) is 6.42 Å². The zero-order valence-corrected chi connectivity index (χ0v) is 24.0. The first-order valence-electron chi connectivity index (χ1n) is 12.9. The number of aliphatic hydroxyl groups excluding tert-OH is 1. The normalized spacial score (nSPS) is 12.6. The van der Waals surface area contributed by atoms with Crippen molar-refractivity contribution in [2.24, 2.45) is 0 Å². The van der Waals surface area contributed by atoms with Crippen LogP contribution in [0.15, 0.2) is 42.5 Å². The summed E-state index contributed by atoms with van der Waals surface area (Å²) in [5.74, 6) is 1.42. The standard InChI is InChI=1S/C30H38ClN3O5/c1-7-9-10-18-34(28(37)24(19-35)32-29(38)39-30(4,5)6)26(22-16-14-21(8-2)15-17-22)27(36)33-25-20(3)12-11-13-23(25)31/h2,11-17,24,26,35H,7,9-10,18-19H2,1,3-6H3,(H,32,38)(H,33,36). The first-order chi connectivity index (χ1) is 18.4. The number of carbonyl (C=O) groups excluding carboxylic acids is 3. The Morgan fingerprint density at radius 3 is 2.33 bits per heavy atom. The van der Waals surface area contributed by atoms with Crippen molar-refractivity contribution in [1.29, 1.82) is 0 Å². The van der Waals surface area contributed by atoms with E-state index in [0.717, 1.165) is 18.4 Å². The molecule has 0 aliphatic carbocycles. The number of aliphatic hydroxyl groups is 1. The number of amides is 3. The van der Waals surface area contributed by atoms with Crippen LogP contribution < -0.4 is 10.6 Å².